The van der Waals surface area contributed by atoms with E-state index in [0.717, 1.165) is 32.0 Å². The van der Waals surface area contributed by atoms with E-state index in [4.69, 9.17) is 4.74 Å². The van der Waals surface area contributed by atoms with Gasteiger partial charge in [0, 0.05) is 50.2 Å². The minimum atomic E-state index is 0.0336. The smallest absolute Gasteiger partial charge is 0.226 e. The van der Waals surface area contributed by atoms with Crippen LogP contribution in [0, 0.1) is 13.8 Å². The van der Waals surface area contributed by atoms with E-state index >= 15 is 0 Å². The van der Waals surface area contributed by atoms with Crippen molar-refractivity contribution in [2.24, 2.45) is 0 Å². The van der Waals surface area contributed by atoms with Crippen LogP contribution in [-0.4, -0.2) is 45.8 Å². The molecule has 0 bridgehead atoms. The number of amides is 1. The number of morpholine rings is 1. The standard InChI is InChI=1S/C22H29N3O2/c1-17-4-5-18(2)21(16-17)24(3)11-10-22(26)23-19-6-8-20(9-7-19)25-12-14-27-15-13-25/h4-9,16H,10-15H2,1-3H3,(H,23,26). The summed E-state index contributed by atoms with van der Waals surface area (Å²) < 4.78 is 5.39. The largest absolute Gasteiger partial charge is 0.378 e. The van der Waals surface area contributed by atoms with Crippen molar-refractivity contribution in [2.45, 2.75) is 20.3 Å². The highest BCUT2D eigenvalue weighted by Crippen LogP contribution is 2.21. The number of anilines is 3. The van der Waals surface area contributed by atoms with Crippen molar-refractivity contribution in [3.05, 3.63) is 53.6 Å². The van der Waals surface area contributed by atoms with Gasteiger partial charge in [-0.25, -0.2) is 0 Å². The molecule has 1 amide bonds. The molecule has 5 nitrogen and oxygen atoms in total. The average Bonchev–Trinajstić information content (AvgIpc) is 2.69. The lowest BCUT2D eigenvalue weighted by Gasteiger charge is -2.28. The Balaban J connectivity index is 1.50. The van der Waals surface area contributed by atoms with Crippen LogP contribution >= 0.6 is 0 Å². The summed E-state index contributed by atoms with van der Waals surface area (Å²) in [4.78, 5) is 16.8. The first kappa shape index (κ1) is 19.2. The molecule has 1 fully saturated rings. The summed E-state index contributed by atoms with van der Waals surface area (Å²) in [5, 5.41) is 3.00. The maximum Gasteiger partial charge on any atom is 0.226 e. The molecule has 0 saturated carbocycles. The van der Waals surface area contributed by atoms with Crippen molar-refractivity contribution in [3.8, 4) is 0 Å². The number of hydrogen-bond donors (Lipinski definition) is 1. The number of ether oxygens (including phenoxy) is 1. The van der Waals surface area contributed by atoms with E-state index in [2.05, 4.69) is 59.3 Å². The molecule has 0 spiro atoms. The van der Waals surface area contributed by atoms with Gasteiger partial charge in [0.25, 0.3) is 0 Å². The lowest BCUT2D eigenvalue weighted by molar-refractivity contribution is -0.116. The predicted octanol–water partition coefficient (Wildman–Crippen LogP) is 3.61. The van der Waals surface area contributed by atoms with Gasteiger partial charge in [0.05, 0.1) is 13.2 Å². The highest BCUT2D eigenvalue weighted by Gasteiger charge is 2.12. The zero-order valence-electron chi connectivity index (χ0n) is 16.5. The van der Waals surface area contributed by atoms with Crippen LogP contribution in [0.3, 0.4) is 0 Å². The summed E-state index contributed by atoms with van der Waals surface area (Å²) >= 11 is 0. The molecule has 1 saturated heterocycles. The Morgan fingerprint density at radius 3 is 2.52 bits per heavy atom. The SMILES string of the molecule is Cc1ccc(C)c(N(C)CCC(=O)Nc2ccc(N3CCOCC3)cc2)c1. The van der Waals surface area contributed by atoms with Crippen molar-refractivity contribution in [2.75, 3.05) is 55.0 Å². The molecule has 0 aliphatic carbocycles. The van der Waals surface area contributed by atoms with Crippen LogP contribution in [0.25, 0.3) is 0 Å². The van der Waals surface area contributed by atoms with Crippen molar-refractivity contribution in [1.29, 1.82) is 0 Å². The van der Waals surface area contributed by atoms with E-state index in [-0.39, 0.29) is 5.91 Å². The molecule has 1 aliphatic heterocycles. The van der Waals surface area contributed by atoms with Crippen LogP contribution < -0.4 is 15.1 Å². The predicted molar refractivity (Wildman–Crippen MR) is 112 cm³/mol. The molecule has 0 radical (unpaired) electrons. The van der Waals surface area contributed by atoms with Gasteiger partial charge in [-0.1, -0.05) is 12.1 Å². The normalized spacial score (nSPS) is 14.1. The van der Waals surface area contributed by atoms with Gasteiger partial charge in [-0.15, -0.1) is 0 Å². The van der Waals surface area contributed by atoms with Gasteiger partial charge in [-0.3, -0.25) is 4.79 Å². The van der Waals surface area contributed by atoms with Crippen LogP contribution in [0.2, 0.25) is 0 Å². The average molecular weight is 367 g/mol. The number of aryl methyl sites for hydroxylation is 2. The summed E-state index contributed by atoms with van der Waals surface area (Å²) in [7, 11) is 2.03. The molecule has 1 N–H and O–H groups in total. The Morgan fingerprint density at radius 1 is 1.11 bits per heavy atom. The van der Waals surface area contributed by atoms with Crippen molar-refractivity contribution < 1.29 is 9.53 Å². The molecule has 2 aromatic rings. The molecule has 5 heteroatoms. The quantitative estimate of drug-likeness (QED) is 0.847. The van der Waals surface area contributed by atoms with Gasteiger partial charge in [-0.2, -0.15) is 0 Å². The van der Waals surface area contributed by atoms with Crippen molar-refractivity contribution >= 4 is 23.0 Å². The van der Waals surface area contributed by atoms with Crippen molar-refractivity contribution in [1.82, 2.24) is 0 Å². The third kappa shape index (κ3) is 5.23. The van der Waals surface area contributed by atoms with Crippen molar-refractivity contribution in [3.63, 3.8) is 0 Å². The number of carbonyl (C=O) groups excluding carboxylic acids is 1. The summed E-state index contributed by atoms with van der Waals surface area (Å²) in [6, 6.07) is 14.5. The summed E-state index contributed by atoms with van der Waals surface area (Å²) in [5.74, 6) is 0.0336. The highest BCUT2D eigenvalue weighted by molar-refractivity contribution is 5.91. The lowest BCUT2D eigenvalue weighted by atomic mass is 10.1. The van der Waals surface area contributed by atoms with Crippen LogP contribution in [0.4, 0.5) is 17.1 Å². The molecule has 1 aliphatic rings. The first-order chi connectivity index (χ1) is 13.0. The molecular weight excluding hydrogens is 338 g/mol. The van der Waals surface area contributed by atoms with Gasteiger partial charge in [0.2, 0.25) is 5.91 Å². The zero-order chi connectivity index (χ0) is 19.2. The maximum absolute atomic E-state index is 12.3. The van der Waals surface area contributed by atoms with E-state index in [0.29, 0.717) is 13.0 Å². The number of nitrogens with zero attached hydrogens (tertiary/aromatic N) is 2. The molecule has 2 aromatic carbocycles. The number of benzene rings is 2. The van der Waals surface area contributed by atoms with Crippen LogP contribution in [0.1, 0.15) is 17.5 Å². The van der Waals surface area contributed by atoms with E-state index in [1.807, 2.05) is 19.2 Å². The number of hydrogen-bond acceptors (Lipinski definition) is 4. The second-order valence-electron chi connectivity index (χ2n) is 7.16. The second-order valence-corrected chi connectivity index (χ2v) is 7.16. The molecule has 0 atom stereocenters. The number of nitrogens with one attached hydrogen (secondary N) is 1. The maximum atomic E-state index is 12.3. The molecule has 0 unspecified atom stereocenters. The highest BCUT2D eigenvalue weighted by atomic mass is 16.5. The molecule has 0 aromatic heterocycles. The molecule has 27 heavy (non-hydrogen) atoms. The topological polar surface area (TPSA) is 44.8 Å². The zero-order valence-corrected chi connectivity index (χ0v) is 16.5. The van der Waals surface area contributed by atoms with Gasteiger partial charge in [0.15, 0.2) is 0 Å². The Bertz CT molecular complexity index is 768. The third-order valence-corrected chi connectivity index (χ3v) is 4.98. The minimum absolute atomic E-state index is 0.0336. The summed E-state index contributed by atoms with van der Waals surface area (Å²) in [5.41, 5.74) is 5.64. The van der Waals surface area contributed by atoms with Gasteiger partial charge < -0.3 is 19.9 Å². The third-order valence-electron chi connectivity index (χ3n) is 4.98. The van der Waals surface area contributed by atoms with Crippen LogP contribution in [0.5, 0.6) is 0 Å². The minimum Gasteiger partial charge on any atom is -0.378 e. The van der Waals surface area contributed by atoms with E-state index in [9.17, 15) is 4.79 Å². The number of rotatable bonds is 6. The fraction of sp³-hybridized carbons (Fsp3) is 0.409. The van der Waals surface area contributed by atoms with Gasteiger partial charge in [0.1, 0.15) is 0 Å². The van der Waals surface area contributed by atoms with Gasteiger partial charge >= 0.3 is 0 Å². The van der Waals surface area contributed by atoms with Crippen LogP contribution in [-0.2, 0) is 9.53 Å². The van der Waals surface area contributed by atoms with Crippen LogP contribution in [0.15, 0.2) is 42.5 Å². The number of carbonyl (C=O) groups is 1. The van der Waals surface area contributed by atoms with E-state index in [1.165, 1.54) is 22.5 Å². The fourth-order valence-corrected chi connectivity index (χ4v) is 3.32. The Hall–Kier alpha value is -2.53. The molecule has 3 rings (SSSR count). The summed E-state index contributed by atoms with van der Waals surface area (Å²) in [6.45, 7) is 8.24. The first-order valence-corrected chi connectivity index (χ1v) is 9.54. The van der Waals surface area contributed by atoms with E-state index < -0.39 is 0 Å². The lowest BCUT2D eigenvalue weighted by Crippen LogP contribution is -2.36. The Morgan fingerprint density at radius 2 is 1.81 bits per heavy atom. The molecule has 144 valence electrons. The fourth-order valence-electron chi connectivity index (χ4n) is 3.32. The second kappa shape index (κ2) is 8.91. The molecule has 1 heterocycles. The Labute approximate surface area is 161 Å². The Kier molecular flexibility index (Phi) is 6.35. The van der Waals surface area contributed by atoms with Gasteiger partial charge in [-0.05, 0) is 55.3 Å². The van der Waals surface area contributed by atoms with E-state index in [1.54, 1.807) is 0 Å². The monoisotopic (exact) mass is 367 g/mol. The first-order valence-electron chi connectivity index (χ1n) is 9.54. The summed E-state index contributed by atoms with van der Waals surface area (Å²) in [6.07, 6.45) is 0.453. The molecular formula is C22H29N3O2.